The van der Waals surface area contributed by atoms with E-state index in [0.717, 1.165) is 48.9 Å². The van der Waals surface area contributed by atoms with E-state index in [1.54, 1.807) is 29.2 Å². The molecule has 2 amide bonds. The molecular formula is C29H29FN3O3S+. The first-order chi connectivity index (χ1) is 18.1. The van der Waals surface area contributed by atoms with Gasteiger partial charge in [0, 0.05) is 10.5 Å². The highest BCUT2D eigenvalue weighted by Gasteiger charge is 2.30. The Labute approximate surface area is 220 Å². The summed E-state index contributed by atoms with van der Waals surface area (Å²) in [6.07, 6.45) is 1.88. The molecule has 0 spiro atoms. The van der Waals surface area contributed by atoms with E-state index in [4.69, 9.17) is 4.74 Å². The lowest BCUT2D eigenvalue weighted by Gasteiger charge is -2.31. The maximum absolute atomic E-state index is 13.6. The zero-order chi connectivity index (χ0) is 25.6. The molecule has 0 radical (unpaired) electrons. The Morgan fingerprint density at radius 2 is 1.81 bits per heavy atom. The summed E-state index contributed by atoms with van der Waals surface area (Å²) in [6, 6.07) is 21.3. The van der Waals surface area contributed by atoms with E-state index in [2.05, 4.69) is 5.32 Å². The van der Waals surface area contributed by atoms with E-state index in [9.17, 15) is 14.0 Å². The Hall–Kier alpha value is -3.46. The molecule has 3 aromatic carbocycles. The van der Waals surface area contributed by atoms with Crippen LogP contribution in [0.5, 0.6) is 0 Å². The predicted molar refractivity (Wildman–Crippen MR) is 143 cm³/mol. The molecule has 1 saturated heterocycles. The molecule has 8 heteroatoms. The number of nitrogens with zero attached hydrogens (tertiary/aromatic N) is 1. The van der Waals surface area contributed by atoms with Gasteiger partial charge in [-0.05, 0) is 47.5 Å². The molecule has 190 valence electrons. The summed E-state index contributed by atoms with van der Waals surface area (Å²) in [4.78, 5) is 31.2. The van der Waals surface area contributed by atoms with Crippen molar-refractivity contribution in [2.24, 2.45) is 0 Å². The number of quaternary nitrogens is 1. The van der Waals surface area contributed by atoms with Gasteiger partial charge in [0.25, 0.3) is 11.8 Å². The number of thioether (sulfide) groups is 1. The van der Waals surface area contributed by atoms with Crippen LogP contribution in [-0.2, 0) is 16.1 Å². The van der Waals surface area contributed by atoms with Crippen LogP contribution in [0, 0.1) is 5.82 Å². The predicted octanol–water partition coefficient (Wildman–Crippen LogP) is 3.15. The lowest BCUT2D eigenvalue weighted by atomic mass is 10.1. The number of hydrogen-bond acceptors (Lipinski definition) is 4. The van der Waals surface area contributed by atoms with E-state index in [1.807, 2.05) is 42.5 Å². The third kappa shape index (κ3) is 6.28. The van der Waals surface area contributed by atoms with E-state index in [-0.39, 0.29) is 24.2 Å². The first-order valence-corrected chi connectivity index (χ1v) is 13.2. The fraction of sp³-hybridized carbons (Fsp3) is 0.241. The molecule has 1 fully saturated rings. The van der Waals surface area contributed by atoms with Crippen LogP contribution in [0.1, 0.15) is 21.5 Å². The number of fused-ring (bicyclic) bond motifs is 1. The highest BCUT2D eigenvalue weighted by Crippen LogP contribution is 2.43. The fourth-order valence-electron chi connectivity index (χ4n) is 4.45. The Morgan fingerprint density at radius 1 is 1.05 bits per heavy atom. The highest BCUT2D eigenvalue weighted by atomic mass is 32.2. The number of nitrogens with one attached hydrogen (secondary N) is 2. The monoisotopic (exact) mass is 518 g/mol. The maximum Gasteiger partial charge on any atom is 0.265 e. The average Bonchev–Trinajstić information content (AvgIpc) is 2.93. The van der Waals surface area contributed by atoms with Crippen LogP contribution in [-0.4, -0.2) is 51.2 Å². The fourth-order valence-corrected chi connectivity index (χ4v) is 5.49. The maximum atomic E-state index is 13.6. The van der Waals surface area contributed by atoms with Crippen molar-refractivity contribution in [3.05, 3.63) is 100 Å². The quantitative estimate of drug-likeness (QED) is 0.472. The molecule has 0 aromatic heterocycles. The van der Waals surface area contributed by atoms with Crippen LogP contribution >= 0.6 is 11.8 Å². The number of hydrogen-bond donors (Lipinski definition) is 2. The molecule has 2 N–H and O–H groups in total. The molecule has 0 bridgehead atoms. The Balaban J connectivity index is 1.39. The number of anilines is 1. The molecule has 0 unspecified atom stereocenters. The van der Waals surface area contributed by atoms with E-state index >= 15 is 0 Å². The number of benzene rings is 3. The second kappa shape index (κ2) is 11.7. The molecule has 2 aliphatic rings. The van der Waals surface area contributed by atoms with Gasteiger partial charge in [0.1, 0.15) is 18.9 Å². The molecule has 3 aromatic rings. The minimum atomic E-state index is -0.327. The summed E-state index contributed by atoms with van der Waals surface area (Å²) in [6.45, 7) is 5.09. The van der Waals surface area contributed by atoms with Gasteiger partial charge in [0.2, 0.25) is 0 Å². The molecule has 0 saturated carbocycles. The molecule has 37 heavy (non-hydrogen) atoms. The van der Waals surface area contributed by atoms with E-state index in [1.165, 1.54) is 28.8 Å². The third-order valence-electron chi connectivity index (χ3n) is 6.50. The van der Waals surface area contributed by atoms with Gasteiger partial charge in [-0.2, -0.15) is 0 Å². The number of amides is 2. The van der Waals surface area contributed by atoms with Crippen LogP contribution < -0.4 is 15.1 Å². The number of carbonyl (C=O) groups excluding carboxylic acids is 2. The van der Waals surface area contributed by atoms with Crippen molar-refractivity contribution >= 4 is 35.3 Å². The highest BCUT2D eigenvalue weighted by molar-refractivity contribution is 8.04. The molecule has 0 aliphatic carbocycles. The van der Waals surface area contributed by atoms with Crippen molar-refractivity contribution in [2.45, 2.75) is 11.4 Å². The first kappa shape index (κ1) is 25.2. The summed E-state index contributed by atoms with van der Waals surface area (Å²) in [5.74, 6) is -0.647. The molecule has 5 rings (SSSR count). The number of rotatable bonds is 7. The van der Waals surface area contributed by atoms with Crippen LogP contribution in [0.3, 0.4) is 0 Å². The van der Waals surface area contributed by atoms with Crippen molar-refractivity contribution < 1.29 is 23.6 Å². The summed E-state index contributed by atoms with van der Waals surface area (Å²) in [5.41, 5.74) is 2.91. The Kier molecular flexibility index (Phi) is 7.99. The van der Waals surface area contributed by atoms with Crippen molar-refractivity contribution in [3.8, 4) is 0 Å². The van der Waals surface area contributed by atoms with E-state index < -0.39 is 0 Å². The molecule has 2 heterocycles. The van der Waals surface area contributed by atoms with Gasteiger partial charge in [0.05, 0.1) is 43.4 Å². The summed E-state index contributed by atoms with van der Waals surface area (Å²) >= 11 is 1.40. The van der Waals surface area contributed by atoms with Crippen molar-refractivity contribution in [1.82, 2.24) is 5.32 Å². The second-order valence-electron chi connectivity index (χ2n) is 9.09. The van der Waals surface area contributed by atoms with Crippen LogP contribution in [0.25, 0.3) is 6.08 Å². The molecule has 2 aliphatic heterocycles. The second-order valence-corrected chi connectivity index (χ2v) is 10.2. The number of ether oxygens (including phenoxy) is 1. The number of carbonyl (C=O) groups is 2. The van der Waals surface area contributed by atoms with Crippen LogP contribution in [0.2, 0.25) is 0 Å². The smallest absolute Gasteiger partial charge is 0.265 e. The molecular weight excluding hydrogens is 489 g/mol. The van der Waals surface area contributed by atoms with Gasteiger partial charge in [0.15, 0.2) is 0 Å². The van der Waals surface area contributed by atoms with E-state index in [0.29, 0.717) is 22.7 Å². The minimum Gasteiger partial charge on any atom is -0.370 e. The summed E-state index contributed by atoms with van der Waals surface area (Å²) in [7, 11) is 0. The minimum absolute atomic E-state index is 0.154. The number of halogens is 1. The average molecular weight is 519 g/mol. The lowest BCUT2D eigenvalue weighted by Crippen LogP contribution is -3.14. The summed E-state index contributed by atoms with van der Waals surface area (Å²) < 4.78 is 18.9. The van der Waals surface area contributed by atoms with Gasteiger partial charge in [-0.25, -0.2) is 4.39 Å². The van der Waals surface area contributed by atoms with Crippen molar-refractivity contribution in [1.29, 1.82) is 0 Å². The SMILES string of the molecule is O=C(NCC[NH+]1CCOCC1)c1ccc2c(c1)N(Cc1ccc(F)cc1)C(=O)C(=Cc1ccccc1)S2. The topological polar surface area (TPSA) is 63.1 Å². The van der Waals surface area contributed by atoms with Crippen molar-refractivity contribution in [2.75, 3.05) is 44.3 Å². The van der Waals surface area contributed by atoms with Gasteiger partial charge in [-0.1, -0.05) is 54.2 Å². The van der Waals surface area contributed by atoms with Gasteiger partial charge >= 0.3 is 0 Å². The molecule has 0 atom stereocenters. The standard InChI is InChI=1S/C29H28FN3O3S/c30-24-9-6-22(7-10-24)20-33-25-19-23(28(34)31-12-13-32-14-16-36-17-15-32)8-11-26(25)37-27(29(33)35)18-21-4-2-1-3-5-21/h1-11,18-19H,12-17,20H2,(H,31,34)/p+1. The molecule has 6 nitrogen and oxygen atoms in total. The van der Waals surface area contributed by atoms with Gasteiger partial charge < -0.3 is 19.9 Å². The van der Waals surface area contributed by atoms with Crippen molar-refractivity contribution in [3.63, 3.8) is 0 Å². The Morgan fingerprint density at radius 3 is 2.57 bits per heavy atom. The summed E-state index contributed by atoms with van der Waals surface area (Å²) in [5, 5.41) is 3.01. The zero-order valence-corrected chi connectivity index (χ0v) is 21.2. The normalized spacial score (nSPS) is 17.1. The van der Waals surface area contributed by atoms with Crippen LogP contribution in [0.15, 0.2) is 82.6 Å². The first-order valence-electron chi connectivity index (χ1n) is 12.4. The lowest BCUT2D eigenvalue weighted by molar-refractivity contribution is -0.906. The largest absolute Gasteiger partial charge is 0.370 e. The zero-order valence-electron chi connectivity index (χ0n) is 20.4. The number of morpholine rings is 1. The van der Waals surface area contributed by atoms with Gasteiger partial charge in [-0.3, -0.25) is 9.59 Å². The Bertz CT molecular complexity index is 1290. The third-order valence-corrected chi connectivity index (χ3v) is 7.58. The van der Waals surface area contributed by atoms with Crippen LogP contribution in [0.4, 0.5) is 10.1 Å². The van der Waals surface area contributed by atoms with Gasteiger partial charge in [-0.15, -0.1) is 0 Å².